The zero-order valence-corrected chi connectivity index (χ0v) is 16.3. The van der Waals surface area contributed by atoms with Gasteiger partial charge in [0.1, 0.15) is 18.2 Å². The fourth-order valence-electron chi connectivity index (χ4n) is 2.76. The third-order valence-corrected chi connectivity index (χ3v) is 4.34. The summed E-state index contributed by atoms with van der Waals surface area (Å²) in [6, 6.07) is 19.3. The van der Waals surface area contributed by atoms with E-state index in [0.717, 1.165) is 11.1 Å². The normalized spacial score (nSPS) is 10.3. The van der Waals surface area contributed by atoms with Gasteiger partial charge in [-0.3, -0.25) is 4.79 Å². The fraction of sp³-hybridized carbons (Fsp3) is 0.174. The van der Waals surface area contributed by atoms with Gasteiger partial charge in [-0.25, -0.2) is 4.39 Å². The molecule has 150 valence electrons. The van der Waals surface area contributed by atoms with Gasteiger partial charge in [-0.15, -0.1) is 0 Å². The first kappa shape index (κ1) is 20.2. The first-order valence-corrected chi connectivity index (χ1v) is 9.06. The van der Waals surface area contributed by atoms with Gasteiger partial charge < -0.3 is 19.5 Å². The van der Waals surface area contributed by atoms with Crippen molar-refractivity contribution in [2.75, 3.05) is 14.2 Å². The van der Waals surface area contributed by atoms with E-state index in [1.165, 1.54) is 19.2 Å². The molecule has 3 aromatic rings. The van der Waals surface area contributed by atoms with Crippen molar-refractivity contribution >= 4 is 5.91 Å². The molecule has 1 amide bonds. The molecule has 1 N–H and O–H groups in total. The van der Waals surface area contributed by atoms with Crippen molar-refractivity contribution in [3.63, 3.8) is 0 Å². The first-order valence-electron chi connectivity index (χ1n) is 9.06. The Kier molecular flexibility index (Phi) is 6.68. The summed E-state index contributed by atoms with van der Waals surface area (Å²) < 4.78 is 30.2. The summed E-state index contributed by atoms with van der Waals surface area (Å²) in [5, 5.41) is 2.71. The van der Waals surface area contributed by atoms with E-state index in [-0.39, 0.29) is 12.1 Å². The number of carbonyl (C=O) groups is 1. The molecule has 29 heavy (non-hydrogen) atoms. The second-order valence-corrected chi connectivity index (χ2v) is 6.29. The monoisotopic (exact) mass is 395 g/mol. The molecule has 0 aliphatic carbocycles. The predicted octanol–water partition coefficient (Wildman–Crippen LogP) is 4.35. The van der Waals surface area contributed by atoms with E-state index in [1.807, 2.05) is 36.4 Å². The summed E-state index contributed by atoms with van der Waals surface area (Å²) in [7, 11) is 2.99. The molecule has 0 aliphatic rings. The van der Waals surface area contributed by atoms with Crippen LogP contribution in [-0.4, -0.2) is 20.1 Å². The van der Waals surface area contributed by atoms with Crippen LogP contribution in [0, 0.1) is 5.82 Å². The highest BCUT2D eigenvalue weighted by molar-refractivity contribution is 5.94. The molecule has 0 atom stereocenters. The minimum atomic E-state index is -0.635. The third-order valence-electron chi connectivity index (χ3n) is 4.34. The van der Waals surface area contributed by atoms with E-state index in [0.29, 0.717) is 23.9 Å². The van der Waals surface area contributed by atoms with Gasteiger partial charge in [-0.2, -0.15) is 0 Å². The van der Waals surface area contributed by atoms with Crippen LogP contribution in [-0.2, 0) is 13.2 Å². The van der Waals surface area contributed by atoms with Crippen LogP contribution in [0.2, 0.25) is 0 Å². The Morgan fingerprint density at radius 2 is 1.69 bits per heavy atom. The van der Waals surface area contributed by atoms with Gasteiger partial charge in [0.05, 0.1) is 19.8 Å². The van der Waals surface area contributed by atoms with Crippen LogP contribution in [0.5, 0.6) is 17.2 Å². The molecule has 0 fully saturated rings. The fourth-order valence-corrected chi connectivity index (χ4v) is 2.76. The van der Waals surface area contributed by atoms with Crippen LogP contribution < -0.4 is 19.5 Å². The minimum Gasteiger partial charge on any atom is -0.497 e. The van der Waals surface area contributed by atoms with Crippen LogP contribution in [0.1, 0.15) is 21.5 Å². The van der Waals surface area contributed by atoms with Crippen LogP contribution in [0.15, 0.2) is 66.7 Å². The third kappa shape index (κ3) is 5.25. The summed E-state index contributed by atoms with van der Waals surface area (Å²) in [4.78, 5) is 12.3. The smallest absolute Gasteiger partial charge is 0.254 e. The molecular formula is C23H22FNO4. The molecule has 0 bridgehead atoms. The van der Waals surface area contributed by atoms with E-state index in [1.54, 1.807) is 25.3 Å². The highest BCUT2D eigenvalue weighted by Crippen LogP contribution is 2.29. The number of benzene rings is 3. The second kappa shape index (κ2) is 9.59. The lowest BCUT2D eigenvalue weighted by Gasteiger charge is -2.13. The van der Waals surface area contributed by atoms with Crippen LogP contribution in [0.25, 0.3) is 0 Å². The molecular weight excluding hydrogens is 373 g/mol. The van der Waals surface area contributed by atoms with Crippen LogP contribution in [0.4, 0.5) is 4.39 Å². The Morgan fingerprint density at radius 3 is 2.38 bits per heavy atom. The predicted molar refractivity (Wildman–Crippen MR) is 108 cm³/mol. The van der Waals surface area contributed by atoms with Crippen LogP contribution >= 0.6 is 0 Å². The lowest BCUT2D eigenvalue weighted by atomic mass is 10.1. The maximum absolute atomic E-state index is 14.0. The zero-order chi connectivity index (χ0) is 20.6. The van der Waals surface area contributed by atoms with Crippen LogP contribution in [0.3, 0.4) is 0 Å². The maximum Gasteiger partial charge on any atom is 0.254 e. The Balaban J connectivity index is 1.63. The number of hydrogen-bond donors (Lipinski definition) is 1. The van der Waals surface area contributed by atoms with E-state index < -0.39 is 11.7 Å². The molecule has 6 heteroatoms. The van der Waals surface area contributed by atoms with E-state index in [2.05, 4.69) is 5.32 Å². The van der Waals surface area contributed by atoms with E-state index >= 15 is 0 Å². The van der Waals surface area contributed by atoms with Crippen molar-refractivity contribution in [3.05, 3.63) is 89.2 Å². The van der Waals surface area contributed by atoms with Gasteiger partial charge in [0.25, 0.3) is 5.91 Å². The highest BCUT2D eigenvalue weighted by Gasteiger charge is 2.13. The largest absolute Gasteiger partial charge is 0.497 e. The molecule has 0 aromatic heterocycles. The van der Waals surface area contributed by atoms with Crippen molar-refractivity contribution in [2.45, 2.75) is 13.2 Å². The average molecular weight is 395 g/mol. The standard InChI is InChI=1S/C23H22FNO4/c1-27-18-9-10-19(20(24)13-18)23(26)25-14-17-8-11-21(22(12-17)28-2)29-15-16-6-4-3-5-7-16/h3-13H,14-15H2,1-2H3,(H,25,26). The quantitative estimate of drug-likeness (QED) is 0.616. The number of nitrogens with one attached hydrogen (secondary N) is 1. The van der Waals surface area contributed by atoms with Gasteiger partial charge >= 0.3 is 0 Å². The topological polar surface area (TPSA) is 56.8 Å². The number of halogens is 1. The molecule has 5 nitrogen and oxygen atoms in total. The molecule has 0 aliphatic heterocycles. The van der Waals surface area contributed by atoms with Crippen molar-refractivity contribution in [1.29, 1.82) is 0 Å². The number of carbonyl (C=O) groups excluding carboxylic acids is 1. The molecule has 0 heterocycles. The SMILES string of the molecule is COc1ccc(C(=O)NCc2ccc(OCc3ccccc3)c(OC)c2)c(F)c1. The summed E-state index contributed by atoms with van der Waals surface area (Å²) in [5.41, 5.74) is 1.81. The first-order chi connectivity index (χ1) is 14.1. The molecule has 0 saturated heterocycles. The molecule has 3 rings (SSSR count). The summed E-state index contributed by atoms with van der Waals surface area (Å²) in [6.07, 6.45) is 0. The Labute approximate surface area is 169 Å². The molecule has 0 spiro atoms. The molecule has 0 unspecified atom stereocenters. The highest BCUT2D eigenvalue weighted by atomic mass is 19.1. The molecule has 0 radical (unpaired) electrons. The second-order valence-electron chi connectivity index (χ2n) is 6.29. The minimum absolute atomic E-state index is 0.0411. The van der Waals surface area contributed by atoms with Crippen molar-refractivity contribution in [3.8, 4) is 17.2 Å². The Morgan fingerprint density at radius 1 is 0.897 bits per heavy atom. The van der Waals surface area contributed by atoms with Crippen molar-refractivity contribution in [1.82, 2.24) is 5.32 Å². The van der Waals surface area contributed by atoms with Crippen molar-refractivity contribution < 1.29 is 23.4 Å². The lowest BCUT2D eigenvalue weighted by Crippen LogP contribution is -2.23. The lowest BCUT2D eigenvalue weighted by molar-refractivity contribution is 0.0946. The van der Waals surface area contributed by atoms with Gasteiger partial charge in [-0.05, 0) is 35.4 Å². The van der Waals surface area contributed by atoms with E-state index in [4.69, 9.17) is 14.2 Å². The van der Waals surface area contributed by atoms with Gasteiger partial charge in [0.2, 0.25) is 0 Å². The molecule has 3 aromatic carbocycles. The Bertz CT molecular complexity index is 976. The number of rotatable bonds is 8. The van der Waals surface area contributed by atoms with Gasteiger partial charge in [0, 0.05) is 12.6 Å². The Hall–Kier alpha value is -3.54. The summed E-state index contributed by atoms with van der Waals surface area (Å²) in [6.45, 7) is 0.643. The zero-order valence-electron chi connectivity index (χ0n) is 16.3. The molecule has 0 saturated carbocycles. The summed E-state index contributed by atoms with van der Waals surface area (Å²) >= 11 is 0. The van der Waals surface area contributed by atoms with Gasteiger partial charge in [0.15, 0.2) is 11.5 Å². The number of amides is 1. The summed E-state index contributed by atoms with van der Waals surface area (Å²) in [5.74, 6) is 0.378. The average Bonchev–Trinajstić information content (AvgIpc) is 2.76. The van der Waals surface area contributed by atoms with Crippen molar-refractivity contribution in [2.24, 2.45) is 0 Å². The number of methoxy groups -OCH3 is 2. The maximum atomic E-state index is 14.0. The number of hydrogen-bond acceptors (Lipinski definition) is 4. The number of ether oxygens (including phenoxy) is 3. The van der Waals surface area contributed by atoms with Gasteiger partial charge in [-0.1, -0.05) is 36.4 Å². The van der Waals surface area contributed by atoms with E-state index in [9.17, 15) is 9.18 Å².